The van der Waals surface area contributed by atoms with Crippen LogP contribution in [0.3, 0.4) is 0 Å². The van der Waals surface area contributed by atoms with Gasteiger partial charge in [0.1, 0.15) is 0 Å². The summed E-state index contributed by atoms with van der Waals surface area (Å²) in [6.45, 7) is 3.84. The highest BCUT2D eigenvalue weighted by atomic mass is 35.5. The number of carbonyl (C=O) groups is 1. The molecule has 164 valence electrons. The third kappa shape index (κ3) is 3.69. The molecule has 0 atom stereocenters. The van der Waals surface area contributed by atoms with Gasteiger partial charge in [0.05, 0.1) is 28.7 Å². The van der Waals surface area contributed by atoms with Crippen molar-refractivity contribution in [2.75, 3.05) is 24.6 Å². The van der Waals surface area contributed by atoms with E-state index in [-0.39, 0.29) is 18.4 Å². The predicted molar refractivity (Wildman–Crippen MR) is 133 cm³/mol. The second kappa shape index (κ2) is 9.17. The smallest absolute Gasteiger partial charge is 0.316 e. The third-order valence-electron chi connectivity index (χ3n) is 6.49. The standard InChI is InChI=1S/C27H26N2O2.ClH/c1-2-31-26(30)27(20-10-4-3-5-11-20)16-18-29(19-17-27)25-21-12-6-8-14-23(21)28-24-15-9-7-13-22(24)25;/h3-15H,2,16-19H2,1H3;1H. The van der Waals surface area contributed by atoms with Gasteiger partial charge in [0.2, 0.25) is 0 Å². The molecule has 1 saturated heterocycles. The zero-order chi connectivity index (χ0) is 21.3. The van der Waals surface area contributed by atoms with Crippen LogP contribution in [0.15, 0.2) is 78.9 Å². The molecule has 3 aromatic carbocycles. The summed E-state index contributed by atoms with van der Waals surface area (Å²) in [4.78, 5) is 20.4. The van der Waals surface area contributed by atoms with Crippen molar-refractivity contribution >= 4 is 45.9 Å². The van der Waals surface area contributed by atoms with Crippen molar-refractivity contribution in [1.29, 1.82) is 0 Å². The Balaban J connectivity index is 0.00000245. The fraction of sp³-hybridized carbons (Fsp3) is 0.259. The van der Waals surface area contributed by atoms with Gasteiger partial charge in [0.25, 0.3) is 0 Å². The van der Waals surface area contributed by atoms with Crippen molar-refractivity contribution in [3.05, 3.63) is 84.4 Å². The number of carbonyl (C=O) groups excluding carboxylic acids is 1. The maximum Gasteiger partial charge on any atom is 0.316 e. The number of ether oxygens (including phenoxy) is 1. The largest absolute Gasteiger partial charge is 0.465 e. The lowest BCUT2D eigenvalue weighted by atomic mass is 9.72. The first-order valence-electron chi connectivity index (χ1n) is 11.0. The molecular weight excluding hydrogens is 420 g/mol. The lowest BCUT2D eigenvalue weighted by molar-refractivity contribution is -0.151. The second-order valence-corrected chi connectivity index (χ2v) is 8.15. The molecule has 4 aromatic rings. The van der Waals surface area contributed by atoms with Crippen LogP contribution in [-0.2, 0) is 14.9 Å². The summed E-state index contributed by atoms with van der Waals surface area (Å²) < 4.78 is 5.55. The topological polar surface area (TPSA) is 42.4 Å². The molecule has 1 aromatic heterocycles. The number of hydrogen-bond acceptors (Lipinski definition) is 4. The Hall–Kier alpha value is -3.11. The SMILES string of the molecule is CCOC(=O)C1(c2ccccc2)CCN(c2c3ccccc3nc3ccccc23)CC1.Cl. The quantitative estimate of drug-likeness (QED) is 0.288. The Labute approximate surface area is 194 Å². The lowest BCUT2D eigenvalue weighted by Crippen LogP contribution is -2.48. The average molecular weight is 447 g/mol. The average Bonchev–Trinajstić information content (AvgIpc) is 2.83. The maximum absolute atomic E-state index is 13.1. The molecule has 0 aliphatic carbocycles. The first kappa shape index (κ1) is 22.1. The van der Waals surface area contributed by atoms with Crippen LogP contribution >= 0.6 is 12.4 Å². The van der Waals surface area contributed by atoms with Crippen molar-refractivity contribution in [3.63, 3.8) is 0 Å². The summed E-state index contributed by atoms with van der Waals surface area (Å²) in [5.41, 5.74) is 3.68. The van der Waals surface area contributed by atoms with Crippen molar-refractivity contribution in [2.24, 2.45) is 0 Å². The summed E-state index contributed by atoms with van der Waals surface area (Å²) >= 11 is 0. The zero-order valence-electron chi connectivity index (χ0n) is 18.2. The van der Waals surface area contributed by atoms with E-state index in [9.17, 15) is 4.79 Å². The molecular formula is C27H27ClN2O2. The summed E-state index contributed by atoms with van der Waals surface area (Å²) in [5, 5.41) is 2.31. The minimum absolute atomic E-state index is 0. The van der Waals surface area contributed by atoms with Crippen molar-refractivity contribution in [2.45, 2.75) is 25.2 Å². The van der Waals surface area contributed by atoms with Gasteiger partial charge in [0, 0.05) is 23.9 Å². The molecule has 1 fully saturated rings. The number of halogens is 1. The monoisotopic (exact) mass is 446 g/mol. The molecule has 4 nitrogen and oxygen atoms in total. The summed E-state index contributed by atoms with van der Waals surface area (Å²) in [6.07, 6.45) is 1.45. The van der Waals surface area contributed by atoms with Crippen LogP contribution in [0.25, 0.3) is 21.8 Å². The van der Waals surface area contributed by atoms with Gasteiger partial charge in [-0.05, 0) is 37.5 Å². The fourth-order valence-corrected chi connectivity index (χ4v) is 4.91. The molecule has 5 heteroatoms. The minimum Gasteiger partial charge on any atom is -0.465 e. The normalized spacial score (nSPS) is 15.3. The van der Waals surface area contributed by atoms with Gasteiger partial charge in [-0.2, -0.15) is 0 Å². The van der Waals surface area contributed by atoms with Gasteiger partial charge in [-0.15, -0.1) is 12.4 Å². The Morgan fingerprint density at radius 1 is 0.875 bits per heavy atom. The van der Waals surface area contributed by atoms with E-state index in [1.54, 1.807) is 0 Å². The van der Waals surface area contributed by atoms with Crippen LogP contribution in [0.4, 0.5) is 5.69 Å². The predicted octanol–water partition coefficient (Wildman–Crippen LogP) is 5.91. The van der Waals surface area contributed by atoms with Crippen LogP contribution in [0.2, 0.25) is 0 Å². The molecule has 0 N–H and O–H groups in total. The summed E-state index contributed by atoms with van der Waals surface area (Å²) in [5.74, 6) is -0.106. The van der Waals surface area contributed by atoms with Gasteiger partial charge in [-0.3, -0.25) is 4.79 Å². The Morgan fingerprint density at radius 2 is 1.41 bits per heavy atom. The van der Waals surface area contributed by atoms with Gasteiger partial charge in [-0.1, -0.05) is 66.7 Å². The zero-order valence-corrected chi connectivity index (χ0v) is 19.0. The highest BCUT2D eigenvalue weighted by Crippen LogP contribution is 2.41. The number of aromatic nitrogens is 1. The summed E-state index contributed by atoms with van der Waals surface area (Å²) in [6, 6.07) is 26.8. The molecule has 32 heavy (non-hydrogen) atoms. The number of piperidine rings is 1. The number of pyridine rings is 1. The van der Waals surface area contributed by atoms with E-state index in [1.807, 2.05) is 37.3 Å². The maximum atomic E-state index is 13.1. The van der Waals surface area contributed by atoms with Crippen molar-refractivity contribution < 1.29 is 9.53 Å². The van der Waals surface area contributed by atoms with Crippen LogP contribution in [0, 0.1) is 0 Å². The third-order valence-corrected chi connectivity index (χ3v) is 6.49. The lowest BCUT2D eigenvalue weighted by Gasteiger charge is -2.41. The molecule has 0 amide bonds. The molecule has 1 aliphatic rings. The van der Waals surface area contributed by atoms with E-state index >= 15 is 0 Å². The van der Waals surface area contributed by atoms with Gasteiger partial charge >= 0.3 is 5.97 Å². The highest BCUT2D eigenvalue weighted by molar-refractivity contribution is 6.08. The van der Waals surface area contributed by atoms with E-state index in [1.165, 1.54) is 5.69 Å². The first-order valence-corrected chi connectivity index (χ1v) is 11.0. The minimum atomic E-state index is -0.591. The van der Waals surface area contributed by atoms with Crippen LogP contribution in [-0.4, -0.2) is 30.6 Å². The Morgan fingerprint density at radius 3 is 1.97 bits per heavy atom. The molecule has 0 saturated carbocycles. The first-order chi connectivity index (χ1) is 15.2. The van der Waals surface area contributed by atoms with E-state index in [0.717, 1.165) is 53.3 Å². The fourth-order valence-electron chi connectivity index (χ4n) is 4.91. The highest BCUT2D eigenvalue weighted by Gasteiger charge is 2.44. The molecule has 2 heterocycles. The number of anilines is 1. The van der Waals surface area contributed by atoms with Crippen LogP contribution in [0.5, 0.6) is 0 Å². The van der Waals surface area contributed by atoms with Gasteiger partial charge < -0.3 is 9.64 Å². The second-order valence-electron chi connectivity index (χ2n) is 8.15. The van der Waals surface area contributed by atoms with Crippen LogP contribution < -0.4 is 4.90 Å². The number of para-hydroxylation sites is 2. The van der Waals surface area contributed by atoms with E-state index < -0.39 is 5.41 Å². The molecule has 0 radical (unpaired) electrons. The number of hydrogen-bond donors (Lipinski definition) is 0. The van der Waals surface area contributed by atoms with Gasteiger partial charge in [0.15, 0.2) is 0 Å². The van der Waals surface area contributed by atoms with Crippen LogP contribution in [0.1, 0.15) is 25.3 Å². The number of nitrogens with zero attached hydrogens (tertiary/aromatic N) is 2. The number of rotatable bonds is 4. The molecule has 0 unspecified atom stereocenters. The number of fused-ring (bicyclic) bond motifs is 2. The Kier molecular flexibility index (Phi) is 6.33. The number of esters is 1. The van der Waals surface area contributed by atoms with Gasteiger partial charge in [-0.25, -0.2) is 4.98 Å². The van der Waals surface area contributed by atoms with Crippen molar-refractivity contribution in [3.8, 4) is 0 Å². The Bertz CT molecular complexity index is 1180. The summed E-state index contributed by atoms with van der Waals surface area (Å²) in [7, 11) is 0. The molecule has 5 rings (SSSR count). The van der Waals surface area contributed by atoms with E-state index in [4.69, 9.17) is 9.72 Å². The number of benzene rings is 3. The van der Waals surface area contributed by atoms with E-state index in [0.29, 0.717) is 6.61 Å². The molecule has 0 spiro atoms. The van der Waals surface area contributed by atoms with Crippen molar-refractivity contribution in [1.82, 2.24) is 4.98 Å². The molecule has 1 aliphatic heterocycles. The van der Waals surface area contributed by atoms with E-state index in [2.05, 4.69) is 53.4 Å². The molecule has 0 bridgehead atoms.